The highest BCUT2D eigenvalue weighted by atomic mass is 32.1. The monoisotopic (exact) mass is 379 g/mol. The van der Waals surface area contributed by atoms with Crippen molar-refractivity contribution >= 4 is 34.2 Å². The number of aromatic nitrogens is 3. The van der Waals surface area contributed by atoms with Gasteiger partial charge in [0.2, 0.25) is 12.2 Å². The van der Waals surface area contributed by atoms with Gasteiger partial charge in [0, 0.05) is 9.98 Å². The van der Waals surface area contributed by atoms with Gasteiger partial charge in [-0.1, -0.05) is 11.9 Å². The standard InChI is InChI=1S/C15H17N5O5S/c1-8-3-4-9-10(5-8)26-13(12(9)14(22)25-2)17-11(21)6-19-7-16-15(18-19)20(23)24/h7-8H,3-6H2,1-2H3,(H,17,21)/t8-/m0/s1. The van der Waals surface area contributed by atoms with Gasteiger partial charge in [-0.25, -0.2) is 4.79 Å². The number of thiophene rings is 1. The predicted octanol–water partition coefficient (Wildman–Crippen LogP) is 1.80. The van der Waals surface area contributed by atoms with Crippen molar-refractivity contribution in [2.24, 2.45) is 5.92 Å². The molecule has 0 unspecified atom stereocenters. The Balaban J connectivity index is 1.80. The van der Waals surface area contributed by atoms with Crippen LogP contribution in [0.25, 0.3) is 0 Å². The van der Waals surface area contributed by atoms with E-state index < -0.39 is 22.7 Å². The maximum atomic E-state index is 12.3. The molecule has 26 heavy (non-hydrogen) atoms. The zero-order chi connectivity index (χ0) is 18.8. The number of nitrogens with one attached hydrogen (secondary N) is 1. The summed E-state index contributed by atoms with van der Waals surface area (Å²) in [4.78, 5) is 38.9. The van der Waals surface area contributed by atoms with E-state index in [4.69, 9.17) is 4.74 Å². The zero-order valence-corrected chi connectivity index (χ0v) is 15.0. The van der Waals surface area contributed by atoms with Crippen molar-refractivity contribution in [3.8, 4) is 0 Å². The third-order valence-electron chi connectivity index (χ3n) is 4.15. The molecule has 2 aromatic rings. The van der Waals surface area contributed by atoms with Crippen LogP contribution in [0.2, 0.25) is 0 Å². The molecule has 0 aromatic carbocycles. The summed E-state index contributed by atoms with van der Waals surface area (Å²) < 4.78 is 5.94. The van der Waals surface area contributed by atoms with Crippen molar-refractivity contribution < 1.29 is 19.2 Å². The van der Waals surface area contributed by atoms with Crippen LogP contribution >= 0.6 is 11.3 Å². The number of ether oxygens (including phenoxy) is 1. The van der Waals surface area contributed by atoms with Crippen molar-refractivity contribution in [3.05, 3.63) is 32.4 Å². The van der Waals surface area contributed by atoms with Gasteiger partial charge in [0.05, 0.1) is 12.7 Å². The van der Waals surface area contributed by atoms with Crippen LogP contribution < -0.4 is 5.32 Å². The first kappa shape index (κ1) is 18.0. The minimum absolute atomic E-state index is 0.250. The normalized spacial score (nSPS) is 16.0. The van der Waals surface area contributed by atoms with Crippen LogP contribution in [-0.2, 0) is 28.9 Å². The summed E-state index contributed by atoms with van der Waals surface area (Å²) in [5.74, 6) is -0.995. The van der Waals surface area contributed by atoms with Crippen LogP contribution in [0, 0.1) is 16.0 Å². The molecular weight excluding hydrogens is 362 g/mol. The van der Waals surface area contributed by atoms with E-state index in [2.05, 4.69) is 22.3 Å². The first-order valence-corrected chi connectivity index (χ1v) is 8.77. The quantitative estimate of drug-likeness (QED) is 0.476. The van der Waals surface area contributed by atoms with Gasteiger partial charge in [-0.15, -0.1) is 11.3 Å². The molecule has 0 saturated carbocycles. The Morgan fingerprint density at radius 3 is 2.96 bits per heavy atom. The lowest BCUT2D eigenvalue weighted by atomic mass is 9.88. The van der Waals surface area contributed by atoms with E-state index in [1.807, 2.05) is 0 Å². The third-order valence-corrected chi connectivity index (χ3v) is 5.32. The molecule has 2 aromatic heterocycles. The number of carbonyl (C=O) groups excluding carboxylic acids is 2. The van der Waals surface area contributed by atoms with E-state index in [0.717, 1.165) is 40.7 Å². The Kier molecular flexibility index (Phi) is 4.98. The first-order chi connectivity index (χ1) is 12.4. The molecule has 1 aliphatic carbocycles. The zero-order valence-electron chi connectivity index (χ0n) is 14.2. The van der Waals surface area contributed by atoms with Crippen molar-refractivity contribution in [1.29, 1.82) is 0 Å². The molecule has 0 fully saturated rings. The Morgan fingerprint density at radius 2 is 2.31 bits per heavy atom. The van der Waals surface area contributed by atoms with Gasteiger partial charge < -0.3 is 20.2 Å². The minimum Gasteiger partial charge on any atom is -0.465 e. The molecule has 10 nitrogen and oxygen atoms in total. The average molecular weight is 379 g/mol. The third kappa shape index (κ3) is 3.57. The molecule has 0 aliphatic heterocycles. The molecule has 1 aliphatic rings. The largest absolute Gasteiger partial charge is 0.490 e. The molecule has 0 radical (unpaired) electrons. The fourth-order valence-corrected chi connectivity index (χ4v) is 4.33. The van der Waals surface area contributed by atoms with E-state index in [0.29, 0.717) is 16.5 Å². The molecule has 2 heterocycles. The van der Waals surface area contributed by atoms with E-state index in [-0.39, 0.29) is 6.54 Å². The number of rotatable bonds is 5. The lowest BCUT2D eigenvalue weighted by Gasteiger charge is -2.18. The van der Waals surface area contributed by atoms with Crippen molar-refractivity contribution in [3.63, 3.8) is 0 Å². The SMILES string of the molecule is COC(=O)c1c(NC(=O)Cn2cnc([N+](=O)[O-])n2)sc2c1CC[C@H](C)C2. The summed E-state index contributed by atoms with van der Waals surface area (Å²) in [5, 5.41) is 17.3. The first-order valence-electron chi connectivity index (χ1n) is 7.95. The molecular formula is C15H17N5O5S. The topological polar surface area (TPSA) is 129 Å². The Bertz CT molecular complexity index is 874. The van der Waals surface area contributed by atoms with E-state index >= 15 is 0 Å². The van der Waals surface area contributed by atoms with Gasteiger partial charge in [0.15, 0.2) is 0 Å². The number of amides is 1. The molecule has 1 atom stereocenters. The number of fused-ring (bicyclic) bond motifs is 1. The summed E-state index contributed by atoms with van der Waals surface area (Å²) in [5.41, 5.74) is 1.34. The molecule has 0 bridgehead atoms. The van der Waals surface area contributed by atoms with Crippen molar-refractivity contribution in [2.45, 2.75) is 32.7 Å². The second-order valence-corrected chi connectivity index (χ2v) is 7.20. The number of anilines is 1. The van der Waals surface area contributed by atoms with Gasteiger partial charge in [0.25, 0.3) is 0 Å². The number of carbonyl (C=O) groups is 2. The number of methoxy groups -OCH3 is 1. The van der Waals surface area contributed by atoms with Crippen molar-refractivity contribution in [1.82, 2.24) is 14.8 Å². The summed E-state index contributed by atoms with van der Waals surface area (Å²) in [6, 6.07) is 0. The summed E-state index contributed by atoms with van der Waals surface area (Å²) in [7, 11) is 1.30. The van der Waals surface area contributed by atoms with Gasteiger partial charge in [-0.05, 0) is 35.7 Å². The highest BCUT2D eigenvalue weighted by Gasteiger charge is 2.29. The lowest BCUT2D eigenvalue weighted by Crippen LogP contribution is -2.20. The van der Waals surface area contributed by atoms with Gasteiger partial charge in [-0.2, -0.15) is 4.68 Å². The summed E-state index contributed by atoms with van der Waals surface area (Å²) in [6.07, 6.45) is 3.71. The van der Waals surface area contributed by atoms with Crippen LogP contribution in [0.3, 0.4) is 0 Å². The maximum absolute atomic E-state index is 12.3. The number of nitrogens with zero attached hydrogens (tertiary/aromatic N) is 4. The Hall–Kier alpha value is -2.82. The van der Waals surface area contributed by atoms with Crippen molar-refractivity contribution in [2.75, 3.05) is 12.4 Å². The molecule has 0 saturated heterocycles. The summed E-state index contributed by atoms with van der Waals surface area (Å²) in [6.45, 7) is 1.90. The minimum atomic E-state index is -0.738. The number of hydrogen-bond acceptors (Lipinski definition) is 8. The second kappa shape index (κ2) is 7.20. The van der Waals surface area contributed by atoms with Crippen LogP contribution in [-0.4, -0.2) is 38.7 Å². The smallest absolute Gasteiger partial charge is 0.465 e. The average Bonchev–Trinajstić information content (AvgIpc) is 3.18. The molecule has 1 amide bonds. The molecule has 1 N–H and O–H groups in total. The van der Waals surface area contributed by atoms with Crippen LogP contribution in [0.4, 0.5) is 10.9 Å². The van der Waals surface area contributed by atoms with Gasteiger partial charge in [-0.3, -0.25) is 4.79 Å². The van der Waals surface area contributed by atoms with Gasteiger partial charge in [0.1, 0.15) is 11.5 Å². The lowest BCUT2D eigenvalue weighted by molar-refractivity contribution is -0.394. The highest BCUT2D eigenvalue weighted by Crippen LogP contribution is 2.40. The predicted molar refractivity (Wildman–Crippen MR) is 92.2 cm³/mol. The van der Waals surface area contributed by atoms with Crippen LogP contribution in [0.15, 0.2) is 6.33 Å². The van der Waals surface area contributed by atoms with E-state index in [9.17, 15) is 19.7 Å². The van der Waals surface area contributed by atoms with E-state index in [1.165, 1.54) is 18.4 Å². The van der Waals surface area contributed by atoms with Crippen LogP contribution in [0.5, 0.6) is 0 Å². The van der Waals surface area contributed by atoms with Gasteiger partial charge >= 0.3 is 11.9 Å². The van der Waals surface area contributed by atoms with E-state index in [1.54, 1.807) is 0 Å². The fourth-order valence-electron chi connectivity index (χ4n) is 2.91. The Morgan fingerprint density at radius 1 is 1.54 bits per heavy atom. The molecule has 0 spiro atoms. The second-order valence-electron chi connectivity index (χ2n) is 6.09. The molecule has 11 heteroatoms. The summed E-state index contributed by atoms with van der Waals surface area (Å²) >= 11 is 1.37. The fraction of sp³-hybridized carbons (Fsp3) is 0.467. The molecule has 138 valence electrons. The Labute approximate surface area is 152 Å². The molecule has 3 rings (SSSR count). The highest BCUT2D eigenvalue weighted by molar-refractivity contribution is 7.17. The number of hydrogen-bond donors (Lipinski definition) is 1. The van der Waals surface area contributed by atoms with Crippen LogP contribution in [0.1, 0.15) is 34.1 Å². The maximum Gasteiger partial charge on any atom is 0.490 e. The number of nitro groups is 1. The number of esters is 1.